The van der Waals surface area contributed by atoms with Gasteiger partial charge in [-0.2, -0.15) is 8.42 Å². The molecule has 82 valence electrons. The van der Waals surface area contributed by atoms with Crippen molar-refractivity contribution in [3.05, 3.63) is 11.6 Å². The number of hydrogen-bond donors (Lipinski definition) is 2. The van der Waals surface area contributed by atoms with E-state index in [0.717, 1.165) is 0 Å². The molecule has 0 aromatic rings. The zero-order valence-electron chi connectivity index (χ0n) is 8.31. The molecule has 0 aromatic heterocycles. The maximum absolute atomic E-state index is 10.6. The normalized spacial score (nSPS) is 14.1. The molecule has 0 unspecified atom stereocenters. The van der Waals surface area contributed by atoms with E-state index < -0.39 is 27.3 Å². The van der Waals surface area contributed by atoms with Gasteiger partial charge in [-0.1, -0.05) is 19.9 Å². The summed E-state index contributed by atoms with van der Waals surface area (Å²) in [5, 5.41) is 8.56. The Labute approximate surface area is 83.2 Å². The standard InChI is InChI=1S/C8H14O5S/c1-6(7(9)10)4-8(2,3)5-14(11,12)13/h4H,5H2,1-3H3,(H,9,10)(H,11,12,13). The van der Waals surface area contributed by atoms with Gasteiger partial charge in [0.15, 0.2) is 0 Å². The molecule has 0 spiro atoms. The number of aliphatic carboxylic acids is 1. The molecule has 2 N–H and O–H groups in total. The Hall–Kier alpha value is -0.880. The fourth-order valence-corrected chi connectivity index (χ4v) is 2.18. The highest BCUT2D eigenvalue weighted by molar-refractivity contribution is 7.85. The van der Waals surface area contributed by atoms with E-state index >= 15 is 0 Å². The lowest BCUT2D eigenvalue weighted by molar-refractivity contribution is -0.132. The summed E-state index contributed by atoms with van der Waals surface area (Å²) in [6, 6.07) is 0. The van der Waals surface area contributed by atoms with Crippen LogP contribution in [0, 0.1) is 5.41 Å². The van der Waals surface area contributed by atoms with E-state index in [2.05, 4.69) is 0 Å². The topological polar surface area (TPSA) is 91.7 Å². The minimum Gasteiger partial charge on any atom is -0.478 e. The summed E-state index contributed by atoms with van der Waals surface area (Å²) in [5.41, 5.74) is -0.838. The zero-order valence-corrected chi connectivity index (χ0v) is 9.13. The van der Waals surface area contributed by atoms with Crippen LogP contribution in [0.3, 0.4) is 0 Å². The van der Waals surface area contributed by atoms with Crippen LogP contribution in [-0.4, -0.2) is 29.8 Å². The summed E-state index contributed by atoms with van der Waals surface area (Å²) >= 11 is 0. The fourth-order valence-electron chi connectivity index (χ4n) is 1.16. The molecule has 0 fully saturated rings. The van der Waals surface area contributed by atoms with Gasteiger partial charge in [-0.15, -0.1) is 0 Å². The monoisotopic (exact) mass is 222 g/mol. The van der Waals surface area contributed by atoms with Crippen LogP contribution in [0.5, 0.6) is 0 Å². The molecule has 0 rings (SSSR count). The predicted molar refractivity (Wildman–Crippen MR) is 51.6 cm³/mol. The molecular formula is C8H14O5S. The van der Waals surface area contributed by atoms with Crippen LogP contribution < -0.4 is 0 Å². The molecule has 0 amide bonds. The second-order valence-corrected chi connectivity index (χ2v) is 5.30. The first-order chi connectivity index (χ1) is 6.03. The first-order valence-electron chi connectivity index (χ1n) is 3.91. The first-order valence-corrected chi connectivity index (χ1v) is 5.52. The Kier molecular flexibility index (Phi) is 3.84. The summed E-state index contributed by atoms with van der Waals surface area (Å²) in [6.45, 7) is 4.44. The molecule has 14 heavy (non-hydrogen) atoms. The Bertz CT molecular complexity index is 350. The molecule has 0 bridgehead atoms. The van der Waals surface area contributed by atoms with Crippen LogP contribution in [0.1, 0.15) is 20.8 Å². The van der Waals surface area contributed by atoms with Crippen molar-refractivity contribution >= 4 is 16.1 Å². The van der Waals surface area contributed by atoms with Gasteiger partial charge in [-0.05, 0) is 12.3 Å². The predicted octanol–water partition coefficient (Wildman–Crippen LogP) is 0.931. The van der Waals surface area contributed by atoms with Crippen LogP contribution in [0.25, 0.3) is 0 Å². The Balaban J connectivity index is 4.82. The van der Waals surface area contributed by atoms with Crippen molar-refractivity contribution < 1.29 is 22.9 Å². The molecule has 0 heterocycles. The minimum atomic E-state index is -4.09. The van der Waals surface area contributed by atoms with Crippen LogP contribution in [0.2, 0.25) is 0 Å². The molecule has 5 nitrogen and oxygen atoms in total. The maximum Gasteiger partial charge on any atom is 0.330 e. The second kappa shape index (κ2) is 4.10. The summed E-state index contributed by atoms with van der Waals surface area (Å²) in [5.74, 6) is -1.60. The third-order valence-corrected chi connectivity index (χ3v) is 2.61. The van der Waals surface area contributed by atoms with E-state index in [9.17, 15) is 13.2 Å². The van der Waals surface area contributed by atoms with Crippen molar-refractivity contribution in [2.24, 2.45) is 5.41 Å². The van der Waals surface area contributed by atoms with Crippen molar-refractivity contribution in [3.63, 3.8) is 0 Å². The molecule has 0 aliphatic rings. The van der Waals surface area contributed by atoms with E-state index in [4.69, 9.17) is 9.66 Å². The third kappa shape index (κ3) is 5.71. The van der Waals surface area contributed by atoms with Crippen LogP contribution >= 0.6 is 0 Å². The lowest BCUT2D eigenvalue weighted by Gasteiger charge is -2.18. The third-order valence-electron chi connectivity index (χ3n) is 1.50. The summed E-state index contributed by atoms with van der Waals surface area (Å²) in [7, 11) is -4.09. The van der Waals surface area contributed by atoms with Crippen molar-refractivity contribution in [2.75, 3.05) is 5.75 Å². The number of carbonyl (C=O) groups is 1. The lowest BCUT2D eigenvalue weighted by atomic mass is 9.93. The summed E-state index contributed by atoms with van der Waals surface area (Å²) < 4.78 is 29.8. The van der Waals surface area contributed by atoms with Crippen molar-refractivity contribution in [1.29, 1.82) is 0 Å². The van der Waals surface area contributed by atoms with Gasteiger partial charge in [-0.3, -0.25) is 4.55 Å². The maximum atomic E-state index is 10.6. The minimum absolute atomic E-state index is 0.0543. The number of carboxylic acid groups (broad SMARTS) is 1. The van der Waals surface area contributed by atoms with E-state index in [0.29, 0.717) is 0 Å². The van der Waals surface area contributed by atoms with Gasteiger partial charge in [0.2, 0.25) is 0 Å². The number of hydrogen-bond acceptors (Lipinski definition) is 3. The Morgan fingerprint density at radius 3 is 2.14 bits per heavy atom. The van der Waals surface area contributed by atoms with Crippen molar-refractivity contribution in [3.8, 4) is 0 Å². The van der Waals surface area contributed by atoms with E-state index in [-0.39, 0.29) is 5.57 Å². The van der Waals surface area contributed by atoms with Gasteiger partial charge in [-0.25, -0.2) is 4.79 Å². The number of carboxylic acids is 1. The molecular weight excluding hydrogens is 208 g/mol. The van der Waals surface area contributed by atoms with Gasteiger partial charge in [0.1, 0.15) is 0 Å². The average molecular weight is 222 g/mol. The zero-order chi connectivity index (χ0) is 11.6. The average Bonchev–Trinajstić information content (AvgIpc) is 1.78. The highest BCUT2D eigenvalue weighted by Crippen LogP contribution is 2.21. The van der Waals surface area contributed by atoms with Crippen molar-refractivity contribution in [2.45, 2.75) is 20.8 Å². The van der Waals surface area contributed by atoms with Crippen molar-refractivity contribution in [1.82, 2.24) is 0 Å². The first kappa shape index (κ1) is 13.1. The van der Waals surface area contributed by atoms with Crippen LogP contribution in [-0.2, 0) is 14.9 Å². The molecule has 0 saturated carbocycles. The SMILES string of the molecule is CC(=CC(C)(C)CS(=O)(=O)O)C(=O)O. The molecule has 0 saturated heterocycles. The van der Waals surface area contributed by atoms with Gasteiger partial charge in [0, 0.05) is 5.57 Å². The van der Waals surface area contributed by atoms with E-state index in [1.807, 2.05) is 0 Å². The quantitative estimate of drug-likeness (QED) is 0.545. The van der Waals surface area contributed by atoms with Crippen LogP contribution in [0.15, 0.2) is 11.6 Å². The highest BCUT2D eigenvalue weighted by atomic mass is 32.2. The smallest absolute Gasteiger partial charge is 0.330 e. The van der Waals surface area contributed by atoms with Crippen LogP contribution in [0.4, 0.5) is 0 Å². The van der Waals surface area contributed by atoms with Gasteiger partial charge >= 0.3 is 5.97 Å². The Morgan fingerprint density at radius 1 is 1.43 bits per heavy atom. The highest BCUT2D eigenvalue weighted by Gasteiger charge is 2.23. The summed E-state index contributed by atoms with van der Waals surface area (Å²) in [4.78, 5) is 10.5. The Morgan fingerprint density at radius 2 is 1.86 bits per heavy atom. The van der Waals surface area contributed by atoms with Gasteiger partial charge in [0.25, 0.3) is 10.1 Å². The molecule has 6 heteroatoms. The van der Waals surface area contributed by atoms with E-state index in [1.54, 1.807) is 0 Å². The molecule has 0 aliphatic carbocycles. The number of allylic oxidation sites excluding steroid dienone is 1. The molecule has 0 aromatic carbocycles. The molecule has 0 aliphatic heterocycles. The van der Waals surface area contributed by atoms with Gasteiger partial charge < -0.3 is 5.11 Å². The molecule has 0 radical (unpaired) electrons. The molecule has 0 atom stereocenters. The summed E-state index contributed by atoms with van der Waals surface area (Å²) in [6.07, 6.45) is 1.31. The number of rotatable bonds is 4. The second-order valence-electron chi connectivity index (χ2n) is 3.85. The fraction of sp³-hybridized carbons (Fsp3) is 0.625. The largest absolute Gasteiger partial charge is 0.478 e. The lowest BCUT2D eigenvalue weighted by Crippen LogP contribution is -2.22. The van der Waals surface area contributed by atoms with Gasteiger partial charge in [0.05, 0.1) is 5.75 Å². The van der Waals surface area contributed by atoms with E-state index in [1.165, 1.54) is 26.8 Å².